The van der Waals surface area contributed by atoms with E-state index in [1.807, 2.05) is 6.08 Å². The molecule has 0 fully saturated rings. The molecule has 0 bridgehead atoms. The summed E-state index contributed by atoms with van der Waals surface area (Å²) in [5.41, 5.74) is 0. The number of unbranched alkanes of at least 4 members (excludes halogenated alkanes) is 7. The van der Waals surface area contributed by atoms with Crippen LogP contribution in [0.25, 0.3) is 0 Å². The van der Waals surface area contributed by atoms with Crippen molar-refractivity contribution in [2.45, 2.75) is 90.3 Å². The SMILES string of the molecule is CC(C)(C)[Si](C)(C)OCCCCCCCCC/C=C/C=C(Br)Br. The smallest absolute Gasteiger partial charge is 0.191 e. The lowest BCUT2D eigenvalue weighted by molar-refractivity contribution is 0.277. The van der Waals surface area contributed by atoms with Gasteiger partial charge < -0.3 is 4.43 Å². The molecule has 0 aliphatic carbocycles. The van der Waals surface area contributed by atoms with Crippen LogP contribution in [0.2, 0.25) is 18.1 Å². The van der Waals surface area contributed by atoms with Crippen LogP contribution in [0.3, 0.4) is 0 Å². The number of allylic oxidation sites excluding steroid dienone is 3. The van der Waals surface area contributed by atoms with Gasteiger partial charge in [0.2, 0.25) is 0 Å². The van der Waals surface area contributed by atoms with E-state index < -0.39 is 8.32 Å². The highest BCUT2D eigenvalue weighted by molar-refractivity contribution is 9.28. The van der Waals surface area contributed by atoms with Gasteiger partial charge in [-0.15, -0.1) is 0 Å². The molecule has 136 valence electrons. The van der Waals surface area contributed by atoms with Crippen LogP contribution in [0, 0.1) is 0 Å². The molecule has 1 nitrogen and oxygen atoms in total. The van der Waals surface area contributed by atoms with Crippen molar-refractivity contribution in [3.8, 4) is 0 Å². The van der Waals surface area contributed by atoms with Gasteiger partial charge >= 0.3 is 0 Å². The maximum Gasteiger partial charge on any atom is 0.191 e. The number of rotatable bonds is 12. The molecule has 0 aromatic rings. The van der Waals surface area contributed by atoms with Crippen LogP contribution in [-0.2, 0) is 4.43 Å². The van der Waals surface area contributed by atoms with Crippen LogP contribution >= 0.6 is 31.9 Å². The Kier molecular flexibility index (Phi) is 13.3. The zero-order valence-corrected chi connectivity index (χ0v) is 19.9. The molecule has 0 radical (unpaired) electrons. The van der Waals surface area contributed by atoms with Crippen LogP contribution in [0.15, 0.2) is 21.6 Å². The Morgan fingerprint density at radius 3 is 1.96 bits per heavy atom. The van der Waals surface area contributed by atoms with Crippen molar-refractivity contribution < 1.29 is 4.43 Å². The molecule has 23 heavy (non-hydrogen) atoms. The van der Waals surface area contributed by atoms with Crippen molar-refractivity contribution in [2.24, 2.45) is 0 Å². The Bertz CT molecular complexity index is 353. The normalized spacial score (nSPS) is 12.8. The van der Waals surface area contributed by atoms with E-state index in [2.05, 4.69) is 77.9 Å². The minimum atomic E-state index is -1.53. The highest BCUT2D eigenvalue weighted by Crippen LogP contribution is 2.36. The summed E-state index contributed by atoms with van der Waals surface area (Å²) in [7, 11) is -1.53. The molecule has 0 spiro atoms. The van der Waals surface area contributed by atoms with E-state index in [0.717, 1.165) is 10.00 Å². The molecule has 0 rings (SSSR count). The van der Waals surface area contributed by atoms with Crippen molar-refractivity contribution in [3.63, 3.8) is 0 Å². The molecule has 0 unspecified atom stereocenters. The third-order valence-corrected chi connectivity index (χ3v) is 9.71. The topological polar surface area (TPSA) is 9.23 Å². The van der Waals surface area contributed by atoms with E-state index in [0.29, 0.717) is 5.04 Å². The molecule has 0 saturated carbocycles. The van der Waals surface area contributed by atoms with Crippen LogP contribution in [0.4, 0.5) is 0 Å². The molecule has 0 aromatic carbocycles. The van der Waals surface area contributed by atoms with E-state index in [4.69, 9.17) is 4.43 Å². The van der Waals surface area contributed by atoms with Gasteiger partial charge in [0.05, 0.1) is 3.39 Å². The maximum atomic E-state index is 6.21. The first-order chi connectivity index (χ1) is 10.7. The average Bonchev–Trinajstić information content (AvgIpc) is 2.42. The molecule has 0 amide bonds. The lowest BCUT2D eigenvalue weighted by atomic mass is 10.1. The summed E-state index contributed by atoms with van der Waals surface area (Å²) in [4.78, 5) is 0. The Balaban J connectivity index is 3.41. The summed E-state index contributed by atoms with van der Waals surface area (Å²) in [5, 5.41) is 0.335. The third-order valence-electron chi connectivity index (χ3n) is 4.64. The molecular formula is C19H36Br2OSi. The Morgan fingerprint density at radius 2 is 1.43 bits per heavy atom. The van der Waals surface area contributed by atoms with Crippen LogP contribution in [-0.4, -0.2) is 14.9 Å². The lowest BCUT2D eigenvalue weighted by Gasteiger charge is -2.36. The van der Waals surface area contributed by atoms with Gasteiger partial charge in [-0.2, -0.15) is 0 Å². The number of hydrogen-bond acceptors (Lipinski definition) is 1. The fraction of sp³-hybridized carbons (Fsp3) is 0.789. The van der Waals surface area contributed by atoms with Crippen molar-refractivity contribution >= 4 is 40.2 Å². The van der Waals surface area contributed by atoms with Gasteiger partial charge in [-0.1, -0.05) is 65.0 Å². The molecule has 0 N–H and O–H groups in total. The first-order valence-corrected chi connectivity index (χ1v) is 13.5. The molecule has 0 aliphatic rings. The van der Waals surface area contributed by atoms with Gasteiger partial charge in [0.25, 0.3) is 0 Å². The Hall–Kier alpha value is 0.617. The number of halogens is 2. The summed E-state index contributed by atoms with van der Waals surface area (Å²) < 4.78 is 7.21. The predicted octanol–water partition coefficient (Wildman–Crippen LogP) is 8.32. The Morgan fingerprint density at radius 1 is 0.913 bits per heavy atom. The van der Waals surface area contributed by atoms with Gasteiger partial charge in [-0.05, 0) is 75.3 Å². The summed E-state index contributed by atoms with van der Waals surface area (Å²) in [6, 6.07) is 0. The summed E-state index contributed by atoms with van der Waals surface area (Å²) >= 11 is 6.69. The highest BCUT2D eigenvalue weighted by Gasteiger charge is 2.36. The van der Waals surface area contributed by atoms with E-state index >= 15 is 0 Å². The number of hydrogen-bond donors (Lipinski definition) is 0. The van der Waals surface area contributed by atoms with Crippen molar-refractivity contribution in [1.82, 2.24) is 0 Å². The maximum absolute atomic E-state index is 6.21. The summed E-state index contributed by atoms with van der Waals surface area (Å²) in [6.07, 6.45) is 16.8. The molecule has 0 atom stereocenters. The second kappa shape index (κ2) is 12.9. The third kappa shape index (κ3) is 13.6. The van der Waals surface area contributed by atoms with Gasteiger partial charge in [0.1, 0.15) is 0 Å². The molecule has 0 saturated heterocycles. The predicted molar refractivity (Wildman–Crippen MR) is 115 cm³/mol. The van der Waals surface area contributed by atoms with E-state index in [9.17, 15) is 0 Å². The van der Waals surface area contributed by atoms with Crippen molar-refractivity contribution in [1.29, 1.82) is 0 Å². The quantitative estimate of drug-likeness (QED) is 0.159. The molecule has 0 aliphatic heterocycles. The average molecular weight is 468 g/mol. The van der Waals surface area contributed by atoms with Crippen LogP contribution < -0.4 is 0 Å². The second-order valence-corrected chi connectivity index (χ2v) is 15.3. The summed E-state index contributed by atoms with van der Waals surface area (Å²) in [6.45, 7) is 12.6. The van der Waals surface area contributed by atoms with E-state index in [-0.39, 0.29) is 0 Å². The zero-order chi connectivity index (χ0) is 17.8. The van der Waals surface area contributed by atoms with Gasteiger partial charge in [0.15, 0.2) is 8.32 Å². The highest BCUT2D eigenvalue weighted by atomic mass is 79.9. The first kappa shape index (κ1) is 23.6. The van der Waals surface area contributed by atoms with Crippen LogP contribution in [0.1, 0.15) is 72.1 Å². The zero-order valence-electron chi connectivity index (χ0n) is 15.8. The fourth-order valence-electron chi connectivity index (χ4n) is 2.03. The van der Waals surface area contributed by atoms with Gasteiger partial charge in [-0.3, -0.25) is 0 Å². The standard InChI is InChI=1S/C19H36Br2OSi/c1-19(2,3)23(4,5)22-17-15-13-11-9-7-6-8-10-12-14-16-18(20)21/h12,14,16H,6-11,13,15,17H2,1-5H3/b14-12+. The molecule has 0 aromatic heterocycles. The monoisotopic (exact) mass is 466 g/mol. The molecule has 4 heteroatoms. The van der Waals surface area contributed by atoms with Gasteiger partial charge in [-0.25, -0.2) is 0 Å². The van der Waals surface area contributed by atoms with Crippen molar-refractivity contribution in [2.75, 3.05) is 6.61 Å². The molecular weight excluding hydrogens is 432 g/mol. The Labute approximate surface area is 162 Å². The second-order valence-electron chi connectivity index (χ2n) is 7.76. The molecule has 0 heterocycles. The van der Waals surface area contributed by atoms with Crippen LogP contribution in [0.5, 0.6) is 0 Å². The minimum Gasteiger partial charge on any atom is -0.417 e. The van der Waals surface area contributed by atoms with Crippen molar-refractivity contribution in [3.05, 3.63) is 21.6 Å². The van der Waals surface area contributed by atoms with Gasteiger partial charge in [0, 0.05) is 6.61 Å². The van der Waals surface area contributed by atoms with E-state index in [1.54, 1.807) is 0 Å². The first-order valence-electron chi connectivity index (χ1n) is 8.98. The van der Waals surface area contributed by atoms with E-state index in [1.165, 1.54) is 51.4 Å². The minimum absolute atomic E-state index is 0.335. The summed E-state index contributed by atoms with van der Waals surface area (Å²) in [5.74, 6) is 0. The lowest BCUT2D eigenvalue weighted by Crippen LogP contribution is -2.40. The largest absolute Gasteiger partial charge is 0.417 e. The fourth-order valence-corrected chi connectivity index (χ4v) is 3.42.